The van der Waals surface area contributed by atoms with Gasteiger partial charge in [0.25, 0.3) is 0 Å². The molecule has 2 atom stereocenters. The highest BCUT2D eigenvalue weighted by molar-refractivity contribution is 5.22. The monoisotopic (exact) mass is 338 g/mol. The number of hydrogen-bond donors (Lipinski definition) is 2. The highest BCUT2D eigenvalue weighted by Gasteiger charge is 2.28. The molecule has 1 aliphatic heterocycles. The highest BCUT2D eigenvalue weighted by Crippen LogP contribution is 2.42. The van der Waals surface area contributed by atoms with Crippen molar-refractivity contribution in [1.82, 2.24) is 0 Å². The molecule has 0 saturated carbocycles. The summed E-state index contributed by atoms with van der Waals surface area (Å²) in [7, 11) is 1.47. The minimum absolute atomic E-state index is 0.118. The van der Waals surface area contributed by atoms with Crippen molar-refractivity contribution in [1.29, 1.82) is 0 Å². The molecule has 2 aliphatic rings. The normalized spacial score (nSPS) is 24.8. The Bertz CT molecular complexity index is 530. The van der Waals surface area contributed by atoms with Crippen LogP contribution in [-0.4, -0.2) is 36.3 Å². The first kappa shape index (κ1) is 19.0. The summed E-state index contributed by atoms with van der Waals surface area (Å²) in [6, 6.07) is 0. The van der Waals surface area contributed by atoms with E-state index in [1.807, 2.05) is 0 Å². The Morgan fingerprint density at radius 2 is 2.17 bits per heavy atom. The van der Waals surface area contributed by atoms with Crippen molar-refractivity contribution < 1.29 is 24.4 Å². The van der Waals surface area contributed by atoms with Crippen molar-refractivity contribution in [3.8, 4) is 0 Å². The zero-order valence-electron chi connectivity index (χ0n) is 15.2. The smallest absolute Gasteiger partial charge is 0.163 e. The molecule has 0 fully saturated rings. The molecule has 0 saturated heterocycles. The summed E-state index contributed by atoms with van der Waals surface area (Å²) in [5.41, 5.74) is 3.12. The summed E-state index contributed by atoms with van der Waals surface area (Å²) >= 11 is 0. The lowest BCUT2D eigenvalue weighted by Crippen LogP contribution is -2.23. The predicted molar refractivity (Wildman–Crippen MR) is 91.8 cm³/mol. The molecule has 1 heterocycles. The quantitative estimate of drug-likeness (QED) is 0.550. The van der Waals surface area contributed by atoms with Crippen LogP contribution >= 0.6 is 0 Å². The maximum atomic E-state index is 10.1. The number of aliphatic hydroxyl groups is 2. The minimum atomic E-state index is -0.850. The number of hydrogen-bond acceptors (Lipinski definition) is 5. The van der Waals surface area contributed by atoms with Gasteiger partial charge < -0.3 is 24.4 Å². The fourth-order valence-electron chi connectivity index (χ4n) is 3.51. The number of ether oxygens (including phenoxy) is 3. The van der Waals surface area contributed by atoms with Gasteiger partial charge in [0.05, 0.1) is 7.11 Å². The van der Waals surface area contributed by atoms with E-state index in [1.165, 1.54) is 43.4 Å². The lowest BCUT2D eigenvalue weighted by molar-refractivity contribution is -0.102. The molecule has 0 aromatic rings. The maximum Gasteiger partial charge on any atom is 0.163 e. The lowest BCUT2D eigenvalue weighted by Gasteiger charge is -2.35. The number of aliphatic hydroxyl groups excluding tert-OH is 2. The molecule has 2 rings (SSSR count). The van der Waals surface area contributed by atoms with Gasteiger partial charge in [-0.25, -0.2) is 0 Å². The van der Waals surface area contributed by atoms with Crippen molar-refractivity contribution in [2.45, 2.75) is 65.3 Å². The Labute approximate surface area is 144 Å². The van der Waals surface area contributed by atoms with Crippen molar-refractivity contribution in [2.75, 3.05) is 13.7 Å². The third-order valence-corrected chi connectivity index (χ3v) is 4.94. The zero-order valence-corrected chi connectivity index (χ0v) is 15.2. The van der Waals surface area contributed by atoms with Gasteiger partial charge in [0.2, 0.25) is 0 Å². The van der Waals surface area contributed by atoms with Gasteiger partial charge in [0.15, 0.2) is 12.0 Å². The van der Waals surface area contributed by atoms with Crippen LogP contribution in [0.1, 0.15) is 52.9 Å². The van der Waals surface area contributed by atoms with Gasteiger partial charge in [0.1, 0.15) is 24.7 Å². The average molecular weight is 338 g/mol. The third-order valence-electron chi connectivity index (χ3n) is 4.94. The highest BCUT2D eigenvalue weighted by atomic mass is 16.6. The number of methoxy groups -OCH3 is 1. The van der Waals surface area contributed by atoms with Crippen LogP contribution < -0.4 is 0 Å². The number of rotatable bonds is 7. The van der Waals surface area contributed by atoms with Gasteiger partial charge in [0, 0.05) is 6.42 Å². The van der Waals surface area contributed by atoms with E-state index in [2.05, 4.69) is 20.8 Å². The van der Waals surface area contributed by atoms with E-state index in [4.69, 9.17) is 14.2 Å². The van der Waals surface area contributed by atoms with Gasteiger partial charge in [-0.2, -0.15) is 0 Å². The molecule has 0 aromatic heterocycles. The van der Waals surface area contributed by atoms with Crippen molar-refractivity contribution in [3.63, 3.8) is 0 Å². The Hall–Kier alpha value is -1.30. The summed E-state index contributed by atoms with van der Waals surface area (Å²) in [5, 5.41) is 19.9. The summed E-state index contributed by atoms with van der Waals surface area (Å²) in [5.74, 6) is 0.817. The molecule has 5 heteroatoms. The predicted octanol–water partition coefficient (Wildman–Crippen LogP) is 3.39. The van der Waals surface area contributed by atoms with Gasteiger partial charge in [-0.1, -0.05) is 25.0 Å². The summed E-state index contributed by atoms with van der Waals surface area (Å²) in [6.07, 6.45) is 6.18. The van der Waals surface area contributed by atoms with E-state index in [9.17, 15) is 10.2 Å². The summed E-state index contributed by atoms with van der Waals surface area (Å²) in [6.45, 7) is 6.87. The molecular formula is C19H30O5. The van der Waals surface area contributed by atoms with Gasteiger partial charge in [-0.05, 0) is 44.1 Å². The van der Waals surface area contributed by atoms with E-state index < -0.39 is 12.4 Å². The third kappa shape index (κ3) is 4.85. The van der Waals surface area contributed by atoms with Crippen LogP contribution in [-0.2, 0) is 14.2 Å². The molecule has 0 bridgehead atoms. The lowest BCUT2D eigenvalue weighted by atomic mass is 9.71. The van der Waals surface area contributed by atoms with E-state index in [-0.39, 0.29) is 12.0 Å². The van der Waals surface area contributed by atoms with Crippen molar-refractivity contribution >= 4 is 0 Å². The second-order valence-electron chi connectivity index (χ2n) is 7.22. The Morgan fingerprint density at radius 1 is 1.42 bits per heavy atom. The number of allylic oxidation sites excluding steroid dienone is 2. The largest absolute Gasteiger partial charge is 0.495 e. The second kappa shape index (κ2) is 8.19. The van der Waals surface area contributed by atoms with Crippen molar-refractivity contribution in [2.24, 2.45) is 5.41 Å². The summed E-state index contributed by atoms with van der Waals surface area (Å²) < 4.78 is 15.7. The zero-order chi connectivity index (χ0) is 17.7. The first-order chi connectivity index (χ1) is 11.3. The van der Waals surface area contributed by atoms with Crippen LogP contribution in [0, 0.1) is 5.41 Å². The Balaban J connectivity index is 1.79. The molecular weight excluding hydrogens is 308 g/mol. The fourth-order valence-corrected chi connectivity index (χ4v) is 3.51. The van der Waals surface area contributed by atoms with E-state index >= 15 is 0 Å². The minimum Gasteiger partial charge on any atom is -0.495 e. The van der Waals surface area contributed by atoms with Crippen LogP contribution in [0.15, 0.2) is 35.0 Å². The van der Waals surface area contributed by atoms with Gasteiger partial charge in [-0.3, -0.25) is 0 Å². The molecule has 0 amide bonds. The standard InChI is InChI=1S/C19H30O5/c1-13-6-5-9-19(2,3)15(13)7-8-18(21)24-11-14-10-16(20)17(22-4)12-23-14/h10,12,16,18,20-21H,5-9,11H2,1-4H3. The topological polar surface area (TPSA) is 68.2 Å². The molecule has 24 heavy (non-hydrogen) atoms. The molecule has 0 aromatic carbocycles. The van der Waals surface area contributed by atoms with Crippen LogP contribution in [0.2, 0.25) is 0 Å². The van der Waals surface area contributed by atoms with Crippen LogP contribution in [0.25, 0.3) is 0 Å². The second-order valence-corrected chi connectivity index (χ2v) is 7.22. The summed E-state index contributed by atoms with van der Waals surface area (Å²) in [4.78, 5) is 0. The SMILES string of the molecule is COC1=COC(COC(O)CCC2=C(C)CCCC2(C)C)=CC1O. The van der Waals surface area contributed by atoms with E-state index in [0.29, 0.717) is 17.9 Å². The molecule has 5 nitrogen and oxygen atoms in total. The van der Waals surface area contributed by atoms with Crippen molar-refractivity contribution in [3.05, 3.63) is 35.0 Å². The molecule has 0 spiro atoms. The maximum absolute atomic E-state index is 10.1. The van der Waals surface area contributed by atoms with Gasteiger partial charge >= 0.3 is 0 Å². The molecule has 2 unspecified atom stereocenters. The molecule has 1 aliphatic carbocycles. The fraction of sp³-hybridized carbons (Fsp3) is 0.684. The van der Waals surface area contributed by atoms with E-state index in [1.54, 1.807) is 0 Å². The molecule has 136 valence electrons. The Kier molecular flexibility index (Phi) is 6.49. The molecule has 2 N–H and O–H groups in total. The van der Waals surface area contributed by atoms with E-state index in [0.717, 1.165) is 12.8 Å². The van der Waals surface area contributed by atoms with Crippen LogP contribution in [0.4, 0.5) is 0 Å². The Morgan fingerprint density at radius 3 is 2.79 bits per heavy atom. The first-order valence-electron chi connectivity index (χ1n) is 8.61. The average Bonchev–Trinajstić information content (AvgIpc) is 2.52. The first-order valence-corrected chi connectivity index (χ1v) is 8.61. The van der Waals surface area contributed by atoms with Gasteiger partial charge in [-0.15, -0.1) is 0 Å². The van der Waals surface area contributed by atoms with Crippen LogP contribution in [0.3, 0.4) is 0 Å². The molecule has 0 radical (unpaired) electrons. The van der Waals surface area contributed by atoms with Crippen LogP contribution in [0.5, 0.6) is 0 Å².